The Morgan fingerprint density at radius 2 is 1.73 bits per heavy atom. The summed E-state index contributed by atoms with van der Waals surface area (Å²) in [4.78, 5) is 0. The molecular formula is C8H16F2O. The van der Waals surface area contributed by atoms with Crippen LogP contribution in [0.15, 0.2) is 0 Å². The van der Waals surface area contributed by atoms with E-state index < -0.39 is 18.4 Å². The molecule has 0 rings (SSSR count). The quantitative estimate of drug-likeness (QED) is 0.665. The zero-order valence-corrected chi connectivity index (χ0v) is 7.06. The van der Waals surface area contributed by atoms with Crippen LogP contribution in [0.1, 0.15) is 33.1 Å². The molecule has 11 heavy (non-hydrogen) atoms. The zero-order chi connectivity index (χ0) is 8.85. The van der Waals surface area contributed by atoms with E-state index >= 15 is 0 Å². The number of halogens is 2. The second kappa shape index (κ2) is 5.47. The third kappa shape index (κ3) is 4.30. The molecule has 2 atom stereocenters. The van der Waals surface area contributed by atoms with Crippen LogP contribution >= 0.6 is 0 Å². The summed E-state index contributed by atoms with van der Waals surface area (Å²) in [6.07, 6.45) is -1.63. The summed E-state index contributed by atoms with van der Waals surface area (Å²) < 4.78 is 24.2. The summed E-state index contributed by atoms with van der Waals surface area (Å²) in [5.74, 6) is -0.634. The summed E-state index contributed by atoms with van der Waals surface area (Å²) in [5, 5.41) is 9.08. The van der Waals surface area contributed by atoms with Gasteiger partial charge in [0.05, 0.1) is 6.10 Å². The molecule has 0 saturated carbocycles. The van der Waals surface area contributed by atoms with Crippen molar-refractivity contribution in [3.05, 3.63) is 0 Å². The second-order valence-corrected chi connectivity index (χ2v) is 2.80. The van der Waals surface area contributed by atoms with Crippen LogP contribution in [0.2, 0.25) is 0 Å². The van der Waals surface area contributed by atoms with Gasteiger partial charge in [0.15, 0.2) is 0 Å². The number of hydrogen-bond donors (Lipinski definition) is 1. The fourth-order valence-corrected chi connectivity index (χ4v) is 0.964. The van der Waals surface area contributed by atoms with E-state index in [1.807, 2.05) is 0 Å². The Hall–Kier alpha value is -0.180. The Morgan fingerprint density at radius 3 is 2.00 bits per heavy atom. The zero-order valence-electron chi connectivity index (χ0n) is 7.06. The highest BCUT2D eigenvalue weighted by atomic mass is 19.3. The van der Waals surface area contributed by atoms with Gasteiger partial charge in [-0.25, -0.2) is 8.78 Å². The summed E-state index contributed by atoms with van der Waals surface area (Å²) in [6, 6.07) is 0. The lowest BCUT2D eigenvalue weighted by atomic mass is 9.98. The van der Waals surface area contributed by atoms with Crippen LogP contribution in [-0.4, -0.2) is 17.6 Å². The van der Waals surface area contributed by atoms with Gasteiger partial charge in [0.25, 0.3) is 0 Å². The Bertz CT molecular complexity index is 96.1. The molecule has 0 saturated heterocycles. The number of aliphatic hydroxyl groups is 1. The first-order valence-corrected chi connectivity index (χ1v) is 4.08. The maximum atomic E-state index is 12.1. The van der Waals surface area contributed by atoms with Crippen molar-refractivity contribution in [1.82, 2.24) is 0 Å². The summed E-state index contributed by atoms with van der Waals surface area (Å²) in [7, 11) is 0. The smallest absolute Gasteiger partial charge is 0.241 e. The Balaban J connectivity index is 3.68. The Labute approximate surface area is 66.4 Å². The lowest BCUT2D eigenvalue weighted by Crippen LogP contribution is -2.18. The number of hydrogen-bond acceptors (Lipinski definition) is 1. The Morgan fingerprint density at radius 1 is 1.18 bits per heavy atom. The molecule has 68 valence electrons. The van der Waals surface area contributed by atoms with Gasteiger partial charge in [-0.15, -0.1) is 0 Å². The average molecular weight is 166 g/mol. The van der Waals surface area contributed by atoms with E-state index in [2.05, 4.69) is 0 Å². The molecule has 0 fully saturated rings. The molecule has 1 N–H and O–H groups in total. The van der Waals surface area contributed by atoms with Gasteiger partial charge < -0.3 is 5.11 Å². The first-order chi connectivity index (χ1) is 5.11. The normalized spacial score (nSPS) is 16.9. The van der Waals surface area contributed by atoms with Gasteiger partial charge in [-0.3, -0.25) is 0 Å². The van der Waals surface area contributed by atoms with Crippen LogP contribution in [0.25, 0.3) is 0 Å². The van der Waals surface area contributed by atoms with Crippen molar-refractivity contribution in [2.75, 3.05) is 0 Å². The molecule has 0 aliphatic heterocycles. The molecule has 0 heterocycles. The van der Waals surface area contributed by atoms with Gasteiger partial charge in [-0.1, -0.05) is 13.8 Å². The predicted molar refractivity (Wildman–Crippen MR) is 40.7 cm³/mol. The highest BCUT2D eigenvalue weighted by molar-refractivity contribution is 4.64. The van der Waals surface area contributed by atoms with E-state index in [1.165, 1.54) is 0 Å². The van der Waals surface area contributed by atoms with Crippen molar-refractivity contribution in [2.24, 2.45) is 5.92 Å². The summed E-state index contributed by atoms with van der Waals surface area (Å²) in [6.45, 7) is 3.52. The molecule has 0 aromatic heterocycles. The van der Waals surface area contributed by atoms with Crippen molar-refractivity contribution in [3.63, 3.8) is 0 Å². The Kier molecular flexibility index (Phi) is 5.38. The minimum Gasteiger partial charge on any atom is -0.393 e. The number of rotatable bonds is 5. The molecule has 0 bridgehead atoms. The third-order valence-electron chi connectivity index (χ3n) is 1.93. The van der Waals surface area contributed by atoms with Gasteiger partial charge in [-0.2, -0.15) is 0 Å². The number of aliphatic hydroxyl groups excluding tert-OH is 1. The molecule has 0 aromatic rings. The molecule has 0 amide bonds. The van der Waals surface area contributed by atoms with Gasteiger partial charge in [0.2, 0.25) is 6.43 Å². The van der Waals surface area contributed by atoms with Crippen molar-refractivity contribution in [3.8, 4) is 0 Å². The summed E-state index contributed by atoms with van der Waals surface area (Å²) >= 11 is 0. The van der Waals surface area contributed by atoms with Crippen LogP contribution < -0.4 is 0 Å². The van der Waals surface area contributed by atoms with Crippen molar-refractivity contribution in [2.45, 2.75) is 45.6 Å². The van der Waals surface area contributed by atoms with E-state index in [4.69, 9.17) is 5.11 Å². The first-order valence-electron chi connectivity index (χ1n) is 4.08. The molecule has 3 heteroatoms. The standard InChI is InChI=1S/C8H16F2O/c1-3-6(8(9)10)5-7(11)4-2/h6-8,11H,3-5H2,1-2H3. The second-order valence-electron chi connectivity index (χ2n) is 2.80. The highest BCUT2D eigenvalue weighted by Crippen LogP contribution is 2.20. The fourth-order valence-electron chi connectivity index (χ4n) is 0.964. The van der Waals surface area contributed by atoms with Crippen LogP contribution in [-0.2, 0) is 0 Å². The minimum atomic E-state index is -2.29. The maximum Gasteiger partial charge on any atom is 0.241 e. The SMILES string of the molecule is CCC(O)CC(CC)C(F)F. The lowest BCUT2D eigenvalue weighted by molar-refractivity contribution is 0.0361. The van der Waals surface area contributed by atoms with E-state index in [1.54, 1.807) is 13.8 Å². The van der Waals surface area contributed by atoms with Crippen molar-refractivity contribution < 1.29 is 13.9 Å². The summed E-state index contributed by atoms with van der Waals surface area (Å²) in [5.41, 5.74) is 0. The third-order valence-corrected chi connectivity index (χ3v) is 1.93. The molecule has 0 spiro atoms. The minimum absolute atomic E-state index is 0.227. The molecule has 1 nitrogen and oxygen atoms in total. The van der Waals surface area contributed by atoms with E-state index in [0.29, 0.717) is 12.8 Å². The number of alkyl halides is 2. The van der Waals surface area contributed by atoms with Gasteiger partial charge in [-0.05, 0) is 19.3 Å². The van der Waals surface area contributed by atoms with E-state index in [9.17, 15) is 8.78 Å². The van der Waals surface area contributed by atoms with E-state index in [0.717, 1.165) is 0 Å². The molecule has 0 aromatic carbocycles. The molecule has 0 aliphatic rings. The van der Waals surface area contributed by atoms with Gasteiger partial charge in [0, 0.05) is 5.92 Å². The molecule has 0 aliphatic carbocycles. The van der Waals surface area contributed by atoms with Gasteiger partial charge >= 0.3 is 0 Å². The predicted octanol–water partition coefficient (Wildman–Crippen LogP) is 2.44. The average Bonchev–Trinajstić information content (AvgIpc) is 1.99. The fraction of sp³-hybridized carbons (Fsp3) is 1.00. The van der Waals surface area contributed by atoms with E-state index in [-0.39, 0.29) is 6.42 Å². The molecule has 2 unspecified atom stereocenters. The largest absolute Gasteiger partial charge is 0.393 e. The van der Waals surface area contributed by atoms with Crippen LogP contribution in [0.5, 0.6) is 0 Å². The van der Waals surface area contributed by atoms with Gasteiger partial charge in [0.1, 0.15) is 0 Å². The highest BCUT2D eigenvalue weighted by Gasteiger charge is 2.20. The van der Waals surface area contributed by atoms with Crippen LogP contribution in [0.4, 0.5) is 8.78 Å². The molecule has 0 radical (unpaired) electrons. The van der Waals surface area contributed by atoms with Crippen molar-refractivity contribution >= 4 is 0 Å². The molecular weight excluding hydrogens is 150 g/mol. The van der Waals surface area contributed by atoms with Crippen LogP contribution in [0, 0.1) is 5.92 Å². The van der Waals surface area contributed by atoms with Crippen molar-refractivity contribution in [1.29, 1.82) is 0 Å². The van der Waals surface area contributed by atoms with Crippen LogP contribution in [0.3, 0.4) is 0 Å². The lowest BCUT2D eigenvalue weighted by Gasteiger charge is -2.16. The first kappa shape index (κ1) is 10.8. The maximum absolute atomic E-state index is 12.1. The topological polar surface area (TPSA) is 20.2 Å². The monoisotopic (exact) mass is 166 g/mol.